The van der Waals surface area contributed by atoms with Gasteiger partial charge < -0.3 is 20.1 Å². The van der Waals surface area contributed by atoms with Crippen molar-refractivity contribution in [2.24, 2.45) is 5.73 Å². The molecule has 0 aliphatic carbocycles. The van der Waals surface area contributed by atoms with E-state index in [0.717, 1.165) is 49.9 Å². The summed E-state index contributed by atoms with van der Waals surface area (Å²) in [7, 11) is 0. The molecule has 32 heavy (non-hydrogen) atoms. The number of hydrogen-bond acceptors (Lipinski definition) is 5. The number of rotatable bonds is 4. The minimum Gasteiger partial charge on any atom is -0.375 e. The smallest absolute Gasteiger partial charge is 0.251 e. The van der Waals surface area contributed by atoms with Crippen LogP contribution in [0.2, 0.25) is 0 Å². The first kappa shape index (κ1) is 24.6. The zero-order valence-corrected chi connectivity index (χ0v) is 20.5. The Kier molecular flexibility index (Phi) is 8.63. The lowest BCUT2D eigenvalue weighted by molar-refractivity contribution is 0.0789. The highest BCUT2D eigenvalue weighted by atomic mass is 32.1. The zero-order valence-electron chi connectivity index (χ0n) is 19.6. The van der Waals surface area contributed by atoms with Gasteiger partial charge in [-0.2, -0.15) is 0 Å². The summed E-state index contributed by atoms with van der Waals surface area (Å²) >= 11 is 4.62. The number of aryl methyl sites for hydroxylation is 1. The number of amides is 1. The van der Waals surface area contributed by atoms with Gasteiger partial charge in [0.1, 0.15) is 0 Å². The van der Waals surface area contributed by atoms with Gasteiger partial charge in [0.15, 0.2) is 0 Å². The van der Waals surface area contributed by atoms with Crippen molar-refractivity contribution in [1.82, 2.24) is 5.32 Å². The van der Waals surface area contributed by atoms with E-state index in [4.69, 9.17) is 10.5 Å². The molecule has 1 aliphatic rings. The molecular formula is C26H37N3O2S. The molecular weight excluding hydrogens is 418 g/mol. The molecule has 0 spiro atoms. The molecule has 0 radical (unpaired) electrons. The second-order valence-corrected chi connectivity index (χ2v) is 9.75. The van der Waals surface area contributed by atoms with Crippen molar-refractivity contribution < 1.29 is 9.53 Å². The SMILES string of the molecule is CCCN(S)c1cc2cc(c1)C(=O)NC(CC)CCc1cccc(c1)CC(C)(N)COC2. The monoisotopic (exact) mass is 455 g/mol. The zero-order chi connectivity index (χ0) is 23.1. The maximum Gasteiger partial charge on any atom is 0.251 e. The molecule has 3 rings (SSSR count). The summed E-state index contributed by atoms with van der Waals surface area (Å²) in [6.45, 7) is 7.88. The third-order valence-electron chi connectivity index (χ3n) is 5.88. The Morgan fingerprint density at radius 3 is 2.72 bits per heavy atom. The van der Waals surface area contributed by atoms with E-state index in [2.05, 4.69) is 56.2 Å². The summed E-state index contributed by atoms with van der Waals surface area (Å²) < 4.78 is 7.92. The molecule has 174 valence electrons. The van der Waals surface area contributed by atoms with Crippen molar-refractivity contribution >= 4 is 24.4 Å². The van der Waals surface area contributed by atoms with E-state index in [1.807, 2.05) is 29.4 Å². The number of nitrogens with zero attached hydrogens (tertiary/aromatic N) is 1. The van der Waals surface area contributed by atoms with E-state index in [1.165, 1.54) is 11.1 Å². The lowest BCUT2D eigenvalue weighted by atomic mass is 9.92. The van der Waals surface area contributed by atoms with Crippen LogP contribution >= 0.6 is 12.8 Å². The van der Waals surface area contributed by atoms with E-state index in [1.54, 1.807) is 0 Å². The first-order valence-corrected chi connectivity index (χ1v) is 12.1. The van der Waals surface area contributed by atoms with Crippen LogP contribution in [0.5, 0.6) is 0 Å². The van der Waals surface area contributed by atoms with E-state index in [0.29, 0.717) is 18.8 Å². The van der Waals surface area contributed by atoms with Crippen LogP contribution in [-0.4, -0.2) is 30.6 Å². The number of anilines is 1. The Balaban J connectivity index is 1.92. The Morgan fingerprint density at radius 2 is 1.97 bits per heavy atom. The van der Waals surface area contributed by atoms with E-state index in [-0.39, 0.29) is 11.9 Å². The highest BCUT2D eigenvalue weighted by Gasteiger charge is 2.21. The van der Waals surface area contributed by atoms with E-state index in [9.17, 15) is 4.79 Å². The molecule has 2 aromatic rings. The summed E-state index contributed by atoms with van der Waals surface area (Å²) in [4.78, 5) is 13.1. The quantitative estimate of drug-likeness (QED) is 0.586. The maximum absolute atomic E-state index is 13.1. The van der Waals surface area contributed by atoms with Gasteiger partial charge in [0.2, 0.25) is 0 Å². The Bertz CT molecular complexity index is 916. The molecule has 4 bridgehead atoms. The van der Waals surface area contributed by atoms with Crippen molar-refractivity contribution in [2.45, 2.75) is 71.1 Å². The number of benzene rings is 2. The first-order valence-electron chi connectivity index (χ1n) is 11.7. The van der Waals surface area contributed by atoms with Gasteiger partial charge in [0, 0.05) is 29.4 Å². The number of ether oxygens (including phenoxy) is 1. The number of thiol groups is 1. The van der Waals surface area contributed by atoms with Gasteiger partial charge in [-0.15, -0.1) is 0 Å². The molecule has 0 saturated heterocycles. The molecule has 1 heterocycles. The molecule has 0 aromatic heterocycles. The van der Waals surface area contributed by atoms with Gasteiger partial charge in [-0.05, 0) is 73.9 Å². The maximum atomic E-state index is 13.1. The number of nitrogens with two attached hydrogens (primary N) is 1. The summed E-state index contributed by atoms with van der Waals surface area (Å²) in [6.07, 6.45) is 4.42. The van der Waals surface area contributed by atoms with Crippen molar-refractivity contribution in [3.63, 3.8) is 0 Å². The molecule has 2 unspecified atom stereocenters. The molecule has 0 fully saturated rings. The van der Waals surface area contributed by atoms with Gasteiger partial charge in [0.05, 0.1) is 13.2 Å². The first-order chi connectivity index (χ1) is 15.3. The van der Waals surface area contributed by atoms with Crippen molar-refractivity contribution in [3.05, 3.63) is 64.7 Å². The van der Waals surface area contributed by atoms with Crippen LogP contribution in [0.15, 0.2) is 42.5 Å². The van der Waals surface area contributed by atoms with Gasteiger partial charge in [-0.3, -0.25) is 4.79 Å². The fourth-order valence-electron chi connectivity index (χ4n) is 4.18. The van der Waals surface area contributed by atoms with Crippen LogP contribution in [-0.2, 0) is 24.2 Å². The summed E-state index contributed by atoms with van der Waals surface area (Å²) in [6, 6.07) is 14.6. The average Bonchev–Trinajstić information content (AvgIpc) is 2.75. The van der Waals surface area contributed by atoms with Crippen molar-refractivity contribution in [2.75, 3.05) is 17.5 Å². The molecule has 2 aromatic carbocycles. The van der Waals surface area contributed by atoms with E-state index >= 15 is 0 Å². The molecule has 2 atom stereocenters. The Hall–Kier alpha value is -2.02. The number of fused-ring (bicyclic) bond motifs is 4. The highest BCUT2D eigenvalue weighted by molar-refractivity contribution is 7.81. The molecule has 3 N–H and O–H groups in total. The van der Waals surface area contributed by atoms with Crippen LogP contribution in [0.1, 0.15) is 67.1 Å². The van der Waals surface area contributed by atoms with Crippen LogP contribution < -0.4 is 15.4 Å². The summed E-state index contributed by atoms with van der Waals surface area (Å²) in [5, 5.41) is 3.23. The van der Waals surface area contributed by atoms with Crippen LogP contribution in [0.4, 0.5) is 5.69 Å². The topological polar surface area (TPSA) is 67.6 Å². The molecule has 1 aliphatic heterocycles. The number of carbonyl (C=O) groups is 1. The molecule has 0 saturated carbocycles. The minimum absolute atomic E-state index is 0.0531. The molecule has 6 heteroatoms. The second-order valence-electron chi connectivity index (χ2n) is 9.27. The Morgan fingerprint density at radius 1 is 1.19 bits per heavy atom. The van der Waals surface area contributed by atoms with Crippen molar-refractivity contribution in [3.8, 4) is 0 Å². The van der Waals surface area contributed by atoms with Gasteiger partial charge in [0.25, 0.3) is 5.91 Å². The van der Waals surface area contributed by atoms with Crippen LogP contribution in [0, 0.1) is 0 Å². The normalized spacial score (nSPS) is 22.3. The fourth-order valence-corrected chi connectivity index (χ4v) is 4.50. The van der Waals surface area contributed by atoms with E-state index < -0.39 is 5.54 Å². The third-order valence-corrected chi connectivity index (χ3v) is 6.31. The predicted molar refractivity (Wildman–Crippen MR) is 135 cm³/mol. The van der Waals surface area contributed by atoms with Gasteiger partial charge >= 0.3 is 0 Å². The number of hydrogen-bond donors (Lipinski definition) is 3. The van der Waals surface area contributed by atoms with Gasteiger partial charge in [-0.1, -0.05) is 50.9 Å². The number of carbonyl (C=O) groups excluding carboxylic acids is 1. The standard InChI is InChI=1S/C26H37N3O2S/c1-4-11-29(32)24-14-21-13-22(15-24)25(30)28-23(5-2)10-9-19-7-6-8-20(12-19)16-26(3,27)18-31-17-21/h6-8,12-15,23,32H,4-5,9-11,16-18,27H2,1-3H3,(H,28,30). The van der Waals surface area contributed by atoms with Crippen LogP contribution in [0.25, 0.3) is 0 Å². The minimum atomic E-state index is -0.475. The molecule has 1 amide bonds. The lowest BCUT2D eigenvalue weighted by Crippen LogP contribution is -2.43. The third kappa shape index (κ3) is 6.99. The molecule has 5 nitrogen and oxygen atoms in total. The predicted octanol–water partition coefficient (Wildman–Crippen LogP) is 4.68. The van der Waals surface area contributed by atoms with Crippen LogP contribution in [0.3, 0.4) is 0 Å². The highest BCUT2D eigenvalue weighted by Crippen LogP contribution is 2.23. The van der Waals surface area contributed by atoms with Gasteiger partial charge in [-0.25, -0.2) is 0 Å². The second kappa shape index (κ2) is 11.2. The fraction of sp³-hybridized carbons (Fsp3) is 0.500. The summed E-state index contributed by atoms with van der Waals surface area (Å²) in [5.41, 5.74) is 11.1. The number of nitrogens with one attached hydrogen (secondary N) is 1. The Labute approximate surface area is 198 Å². The average molecular weight is 456 g/mol. The lowest BCUT2D eigenvalue weighted by Gasteiger charge is -2.26. The largest absolute Gasteiger partial charge is 0.375 e. The van der Waals surface area contributed by atoms with Crippen molar-refractivity contribution in [1.29, 1.82) is 0 Å². The summed E-state index contributed by atoms with van der Waals surface area (Å²) in [5.74, 6) is -0.0531.